The Kier molecular flexibility index (Phi) is 3.41. The number of likely N-dealkylation sites (N-methyl/N-ethyl adjacent to an activating group) is 1. The summed E-state index contributed by atoms with van der Waals surface area (Å²) in [6, 6.07) is 1.54. The van der Waals surface area contributed by atoms with Crippen LogP contribution in [-0.4, -0.2) is 54.1 Å². The lowest BCUT2D eigenvalue weighted by Gasteiger charge is -2.44. The molecule has 4 atom stereocenters. The molecule has 2 aliphatic heterocycles. The van der Waals surface area contributed by atoms with Gasteiger partial charge in [-0.05, 0) is 52.1 Å². The van der Waals surface area contributed by atoms with E-state index in [1.54, 1.807) is 0 Å². The number of hydrogen-bond donors (Lipinski definition) is 1. The number of hydrogen-bond acceptors (Lipinski definition) is 3. The smallest absolute Gasteiger partial charge is 0.0476 e. The Labute approximate surface area is 112 Å². The highest BCUT2D eigenvalue weighted by Gasteiger charge is 2.50. The van der Waals surface area contributed by atoms with Gasteiger partial charge >= 0.3 is 0 Å². The van der Waals surface area contributed by atoms with E-state index < -0.39 is 0 Å². The van der Waals surface area contributed by atoms with E-state index in [2.05, 4.69) is 23.8 Å². The monoisotopic (exact) mass is 251 g/mol. The molecule has 0 aromatic heterocycles. The average Bonchev–Trinajstić information content (AvgIpc) is 2.92. The molecule has 3 rings (SSSR count). The zero-order valence-electron chi connectivity index (χ0n) is 12.1. The van der Waals surface area contributed by atoms with Gasteiger partial charge in [-0.1, -0.05) is 12.8 Å². The van der Waals surface area contributed by atoms with E-state index in [1.807, 2.05) is 0 Å². The molecule has 0 amide bonds. The molecule has 3 aliphatic rings. The highest BCUT2D eigenvalue weighted by Crippen LogP contribution is 2.43. The summed E-state index contributed by atoms with van der Waals surface area (Å²) in [6.45, 7) is 5.66. The average molecular weight is 251 g/mol. The van der Waals surface area contributed by atoms with Crippen molar-refractivity contribution in [1.82, 2.24) is 9.80 Å². The third kappa shape index (κ3) is 1.91. The Morgan fingerprint density at radius 1 is 1.22 bits per heavy atom. The largest absolute Gasteiger partial charge is 0.329 e. The predicted octanol–water partition coefficient (Wildman–Crippen LogP) is 1.67. The molecule has 3 nitrogen and oxygen atoms in total. The molecule has 18 heavy (non-hydrogen) atoms. The van der Waals surface area contributed by atoms with Crippen LogP contribution in [0.25, 0.3) is 0 Å². The van der Waals surface area contributed by atoms with Gasteiger partial charge in [-0.25, -0.2) is 0 Å². The Balaban J connectivity index is 1.80. The molecule has 1 saturated carbocycles. The van der Waals surface area contributed by atoms with E-state index >= 15 is 0 Å². The molecule has 104 valence electrons. The van der Waals surface area contributed by atoms with Gasteiger partial charge in [0, 0.05) is 30.7 Å². The molecule has 0 aromatic rings. The molecule has 1 aliphatic carbocycles. The lowest BCUT2D eigenvalue weighted by molar-refractivity contribution is 0.0613. The summed E-state index contributed by atoms with van der Waals surface area (Å²) in [5.41, 5.74) is 6.51. The summed E-state index contributed by atoms with van der Waals surface area (Å²) in [6.07, 6.45) is 8.47. The minimum Gasteiger partial charge on any atom is -0.329 e. The molecule has 2 heterocycles. The van der Waals surface area contributed by atoms with Crippen LogP contribution in [0.3, 0.4) is 0 Å². The quantitative estimate of drug-likeness (QED) is 0.810. The predicted molar refractivity (Wildman–Crippen MR) is 75.6 cm³/mol. The van der Waals surface area contributed by atoms with E-state index in [0.717, 1.165) is 18.5 Å². The highest BCUT2D eigenvalue weighted by molar-refractivity contribution is 5.07. The van der Waals surface area contributed by atoms with Crippen molar-refractivity contribution < 1.29 is 0 Å². The van der Waals surface area contributed by atoms with Crippen molar-refractivity contribution in [1.29, 1.82) is 0 Å². The van der Waals surface area contributed by atoms with Crippen LogP contribution in [0.15, 0.2) is 0 Å². The Hall–Kier alpha value is -0.120. The van der Waals surface area contributed by atoms with E-state index in [1.165, 1.54) is 51.6 Å². The van der Waals surface area contributed by atoms with Crippen molar-refractivity contribution in [3.8, 4) is 0 Å². The Morgan fingerprint density at radius 3 is 2.67 bits per heavy atom. The fraction of sp³-hybridized carbons (Fsp3) is 1.00. The number of nitrogens with two attached hydrogens (primary N) is 1. The Bertz CT molecular complexity index is 294. The summed E-state index contributed by atoms with van der Waals surface area (Å²) in [5, 5.41) is 0. The summed E-state index contributed by atoms with van der Waals surface area (Å²) >= 11 is 0. The first-order chi connectivity index (χ1) is 8.66. The molecule has 3 heteroatoms. The van der Waals surface area contributed by atoms with E-state index in [-0.39, 0.29) is 5.54 Å². The van der Waals surface area contributed by atoms with Crippen molar-refractivity contribution in [3.63, 3.8) is 0 Å². The third-order valence-electron chi connectivity index (χ3n) is 5.97. The van der Waals surface area contributed by atoms with E-state index in [4.69, 9.17) is 5.73 Å². The molecule has 4 unspecified atom stereocenters. The third-order valence-corrected chi connectivity index (χ3v) is 5.97. The van der Waals surface area contributed by atoms with Gasteiger partial charge in [-0.3, -0.25) is 4.90 Å². The second kappa shape index (κ2) is 4.77. The first-order valence-electron chi connectivity index (χ1n) is 7.83. The SMILES string of the molecule is CC1CC(CN)(N2CCC3CCCCC32)CN1C. The second-order valence-electron chi connectivity index (χ2n) is 6.99. The molecule has 2 saturated heterocycles. The topological polar surface area (TPSA) is 32.5 Å². The molecule has 0 spiro atoms. The first-order valence-corrected chi connectivity index (χ1v) is 7.83. The summed E-state index contributed by atoms with van der Waals surface area (Å²) in [4.78, 5) is 5.33. The van der Waals surface area contributed by atoms with Gasteiger partial charge in [-0.2, -0.15) is 0 Å². The maximum Gasteiger partial charge on any atom is 0.0476 e. The van der Waals surface area contributed by atoms with Crippen LogP contribution in [0.5, 0.6) is 0 Å². The molecule has 0 radical (unpaired) electrons. The lowest BCUT2D eigenvalue weighted by Crippen LogP contribution is -2.58. The number of rotatable bonds is 2. The van der Waals surface area contributed by atoms with Crippen LogP contribution >= 0.6 is 0 Å². The highest BCUT2D eigenvalue weighted by atomic mass is 15.3. The normalized spacial score (nSPS) is 46.5. The summed E-state index contributed by atoms with van der Waals surface area (Å²) in [5.74, 6) is 0.975. The van der Waals surface area contributed by atoms with E-state index in [0.29, 0.717) is 6.04 Å². The van der Waals surface area contributed by atoms with Crippen LogP contribution < -0.4 is 5.73 Å². The van der Waals surface area contributed by atoms with Crippen LogP contribution in [0.1, 0.15) is 45.4 Å². The molecule has 3 fully saturated rings. The molecule has 0 bridgehead atoms. The van der Waals surface area contributed by atoms with Gasteiger partial charge < -0.3 is 10.6 Å². The van der Waals surface area contributed by atoms with Gasteiger partial charge in [-0.15, -0.1) is 0 Å². The summed E-state index contributed by atoms with van der Waals surface area (Å²) < 4.78 is 0. The zero-order chi connectivity index (χ0) is 12.8. The second-order valence-corrected chi connectivity index (χ2v) is 6.99. The van der Waals surface area contributed by atoms with Crippen molar-refractivity contribution in [2.45, 2.75) is 63.1 Å². The van der Waals surface area contributed by atoms with Gasteiger partial charge in [0.05, 0.1) is 0 Å². The van der Waals surface area contributed by atoms with Crippen molar-refractivity contribution in [2.75, 3.05) is 26.7 Å². The van der Waals surface area contributed by atoms with Crippen LogP contribution in [-0.2, 0) is 0 Å². The minimum atomic E-state index is 0.283. The van der Waals surface area contributed by atoms with Gasteiger partial charge in [0.25, 0.3) is 0 Å². The number of likely N-dealkylation sites (tertiary alicyclic amines) is 2. The molecular weight excluding hydrogens is 222 g/mol. The Morgan fingerprint density at radius 2 is 2.00 bits per heavy atom. The maximum atomic E-state index is 6.23. The maximum absolute atomic E-state index is 6.23. The molecular formula is C15H29N3. The lowest BCUT2D eigenvalue weighted by atomic mass is 9.83. The fourth-order valence-corrected chi connectivity index (χ4v) is 4.86. The summed E-state index contributed by atoms with van der Waals surface area (Å²) in [7, 11) is 2.26. The van der Waals surface area contributed by atoms with Crippen molar-refractivity contribution in [2.24, 2.45) is 11.7 Å². The van der Waals surface area contributed by atoms with E-state index in [9.17, 15) is 0 Å². The van der Waals surface area contributed by atoms with Crippen LogP contribution in [0.4, 0.5) is 0 Å². The van der Waals surface area contributed by atoms with Crippen molar-refractivity contribution >= 4 is 0 Å². The van der Waals surface area contributed by atoms with Gasteiger partial charge in [0.1, 0.15) is 0 Å². The number of fused-ring (bicyclic) bond motifs is 1. The van der Waals surface area contributed by atoms with Crippen LogP contribution in [0, 0.1) is 5.92 Å². The fourth-order valence-electron chi connectivity index (χ4n) is 4.86. The van der Waals surface area contributed by atoms with Gasteiger partial charge in [0.15, 0.2) is 0 Å². The molecule has 2 N–H and O–H groups in total. The standard InChI is InChI=1S/C15H29N3/c1-12-9-15(10-16,11-17(12)2)18-8-7-13-5-3-4-6-14(13)18/h12-14H,3-11,16H2,1-2H3. The molecule has 0 aromatic carbocycles. The van der Waals surface area contributed by atoms with Gasteiger partial charge in [0.2, 0.25) is 0 Å². The first kappa shape index (κ1) is 12.9. The van der Waals surface area contributed by atoms with Crippen LogP contribution in [0.2, 0.25) is 0 Å². The number of nitrogens with zero attached hydrogens (tertiary/aromatic N) is 2. The minimum absolute atomic E-state index is 0.283. The van der Waals surface area contributed by atoms with Crippen molar-refractivity contribution in [3.05, 3.63) is 0 Å². The zero-order valence-corrected chi connectivity index (χ0v) is 12.1.